The highest BCUT2D eigenvalue weighted by atomic mass is 16.5. The molecular weight excluding hydrogens is 214 g/mol. The van der Waals surface area contributed by atoms with E-state index in [1.807, 2.05) is 6.07 Å². The average molecular weight is 231 g/mol. The Morgan fingerprint density at radius 3 is 2.59 bits per heavy atom. The van der Waals surface area contributed by atoms with Gasteiger partial charge < -0.3 is 9.47 Å². The van der Waals surface area contributed by atoms with Crippen LogP contribution in [0.5, 0.6) is 11.5 Å². The predicted octanol–water partition coefficient (Wildman–Crippen LogP) is 3.28. The Morgan fingerprint density at radius 1 is 1.29 bits per heavy atom. The van der Waals surface area contributed by atoms with Gasteiger partial charge in [-0.2, -0.15) is 5.26 Å². The summed E-state index contributed by atoms with van der Waals surface area (Å²) in [7, 11) is 1.60. The molecule has 0 spiro atoms. The number of hydrogen-bond donors (Lipinski definition) is 0. The summed E-state index contributed by atoms with van der Waals surface area (Å²) in [5.41, 5.74) is 0.387. The van der Waals surface area contributed by atoms with Gasteiger partial charge in [-0.05, 0) is 44.7 Å². The summed E-state index contributed by atoms with van der Waals surface area (Å²) < 4.78 is 11.3. The SMILES string of the molecule is COc1cccc(C#N)c1OC1(C)CCCC1. The fraction of sp³-hybridized carbons (Fsp3) is 0.500. The van der Waals surface area contributed by atoms with E-state index in [1.54, 1.807) is 19.2 Å². The summed E-state index contributed by atoms with van der Waals surface area (Å²) in [4.78, 5) is 0. The van der Waals surface area contributed by atoms with E-state index in [-0.39, 0.29) is 5.60 Å². The highest BCUT2D eigenvalue weighted by Crippen LogP contribution is 2.39. The number of hydrogen-bond acceptors (Lipinski definition) is 3. The van der Waals surface area contributed by atoms with Gasteiger partial charge in [0.1, 0.15) is 11.7 Å². The van der Waals surface area contributed by atoms with E-state index in [0.717, 1.165) is 12.8 Å². The number of methoxy groups -OCH3 is 1. The van der Waals surface area contributed by atoms with Crippen LogP contribution in [0.4, 0.5) is 0 Å². The van der Waals surface area contributed by atoms with Gasteiger partial charge in [-0.15, -0.1) is 0 Å². The Balaban J connectivity index is 2.33. The molecule has 0 aromatic heterocycles. The van der Waals surface area contributed by atoms with Crippen molar-refractivity contribution in [1.29, 1.82) is 5.26 Å². The second-order valence-corrected chi connectivity index (χ2v) is 4.71. The lowest BCUT2D eigenvalue weighted by molar-refractivity contribution is 0.0923. The lowest BCUT2D eigenvalue weighted by Crippen LogP contribution is -2.28. The molecule has 0 aliphatic heterocycles. The van der Waals surface area contributed by atoms with Crippen LogP contribution in [0.2, 0.25) is 0 Å². The van der Waals surface area contributed by atoms with Gasteiger partial charge in [-0.3, -0.25) is 0 Å². The van der Waals surface area contributed by atoms with Gasteiger partial charge in [0.05, 0.1) is 12.7 Å². The Morgan fingerprint density at radius 2 is 2.00 bits per heavy atom. The molecule has 17 heavy (non-hydrogen) atoms. The third kappa shape index (κ3) is 2.36. The Bertz CT molecular complexity index is 442. The maximum Gasteiger partial charge on any atom is 0.179 e. The number of rotatable bonds is 3. The van der Waals surface area contributed by atoms with Gasteiger partial charge >= 0.3 is 0 Å². The van der Waals surface area contributed by atoms with Crippen LogP contribution in [0.15, 0.2) is 18.2 Å². The van der Waals surface area contributed by atoms with Crippen molar-refractivity contribution in [3.63, 3.8) is 0 Å². The molecule has 90 valence electrons. The van der Waals surface area contributed by atoms with Crippen LogP contribution in [0.25, 0.3) is 0 Å². The Hall–Kier alpha value is -1.69. The van der Waals surface area contributed by atoms with Gasteiger partial charge in [-0.1, -0.05) is 6.07 Å². The molecule has 0 unspecified atom stereocenters. The fourth-order valence-electron chi connectivity index (χ4n) is 2.34. The molecule has 1 aromatic carbocycles. The van der Waals surface area contributed by atoms with Crippen molar-refractivity contribution >= 4 is 0 Å². The molecule has 0 bridgehead atoms. The van der Waals surface area contributed by atoms with Gasteiger partial charge in [-0.25, -0.2) is 0 Å². The Labute approximate surface area is 102 Å². The zero-order chi connectivity index (χ0) is 12.3. The van der Waals surface area contributed by atoms with Crippen LogP contribution in [0.3, 0.4) is 0 Å². The van der Waals surface area contributed by atoms with Crippen LogP contribution in [0, 0.1) is 11.3 Å². The highest BCUT2D eigenvalue weighted by Gasteiger charge is 2.32. The van der Waals surface area contributed by atoms with E-state index in [0.29, 0.717) is 17.1 Å². The molecule has 1 saturated carbocycles. The first kappa shape index (κ1) is 11.8. The molecule has 0 saturated heterocycles. The quantitative estimate of drug-likeness (QED) is 0.801. The van der Waals surface area contributed by atoms with Crippen LogP contribution in [-0.4, -0.2) is 12.7 Å². The zero-order valence-corrected chi connectivity index (χ0v) is 10.3. The van der Waals surface area contributed by atoms with Gasteiger partial charge in [0.25, 0.3) is 0 Å². The second kappa shape index (κ2) is 4.67. The standard InChI is InChI=1S/C14H17NO2/c1-14(8-3-4-9-14)17-13-11(10-15)6-5-7-12(13)16-2/h5-7H,3-4,8-9H2,1-2H3. The molecule has 0 atom stereocenters. The zero-order valence-electron chi connectivity index (χ0n) is 10.3. The molecule has 1 aliphatic carbocycles. The first-order valence-corrected chi connectivity index (χ1v) is 5.95. The molecular formula is C14H17NO2. The van der Waals surface area contributed by atoms with Crippen molar-refractivity contribution in [3.05, 3.63) is 23.8 Å². The minimum Gasteiger partial charge on any atom is -0.493 e. The molecule has 1 fully saturated rings. The maximum absolute atomic E-state index is 9.11. The number of ether oxygens (including phenoxy) is 2. The molecule has 3 nitrogen and oxygen atoms in total. The summed E-state index contributed by atoms with van der Waals surface area (Å²) >= 11 is 0. The summed E-state index contributed by atoms with van der Waals surface area (Å²) in [5, 5.41) is 9.11. The monoisotopic (exact) mass is 231 g/mol. The molecule has 0 amide bonds. The number of para-hydroxylation sites is 1. The average Bonchev–Trinajstić information content (AvgIpc) is 2.76. The summed E-state index contributed by atoms with van der Waals surface area (Å²) in [6, 6.07) is 7.55. The summed E-state index contributed by atoms with van der Waals surface area (Å²) in [6.45, 7) is 2.10. The lowest BCUT2D eigenvalue weighted by atomic mass is 10.1. The van der Waals surface area contributed by atoms with Crippen molar-refractivity contribution in [1.82, 2.24) is 0 Å². The minimum atomic E-state index is -0.153. The molecule has 3 heteroatoms. The van der Waals surface area contributed by atoms with E-state index < -0.39 is 0 Å². The fourth-order valence-corrected chi connectivity index (χ4v) is 2.34. The molecule has 0 heterocycles. The van der Waals surface area contributed by atoms with Crippen molar-refractivity contribution in [2.24, 2.45) is 0 Å². The molecule has 1 aliphatic rings. The third-order valence-corrected chi connectivity index (χ3v) is 3.33. The maximum atomic E-state index is 9.11. The van der Waals surface area contributed by atoms with E-state index in [2.05, 4.69) is 13.0 Å². The van der Waals surface area contributed by atoms with E-state index in [9.17, 15) is 0 Å². The lowest BCUT2D eigenvalue weighted by Gasteiger charge is -2.27. The number of benzene rings is 1. The van der Waals surface area contributed by atoms with Gasteiger partial charge in [0.15, 0.2) is 11.5 Å². The number of nitriles is 1. The highest BCUT2D eigenvalue weighted by molar-refractivity contribution is 5.52. The largest absolute Gasteiger partial charge is 0.493 e. The van der Waals surface area contributed by atoms with Crippen molar-refractivity contribution in [3.8, 4) is 17.6 Å². The molecule has 0 N–H and O–H groups in total. The summed E-state index contributed by atoms with van der Waals surface area (Å²) in [5.74, 6) is 1.22. The predicted molar refractivity (Wildman–Crippen MR) is 65.2 cm³/mol. The van der Waals surface area contributed by atoms with E-state index in [4.69, 9.17) is 14.7 Å². The first-order chi connectivity index (χ1) is 8.18. The smallest absolute Gasteiger partial charge is 0.179 e. The van der Waals surface area contributed by atoms with Crippen molar-refractivity contribution in [2.45, 2.75) is 38.2 Å². The number of nitrogens with zero attached hydrogens (tertiary/aromatic N) is 1. The van der Waals surface area contributed by atoms with Gasteiger partial charge in [0.2, 0.25) is 0 Å². The van der Waals surface area contributed by atoms with Crippen LogP contribution < -0.4 is 9.47 Å². The van der Waals surface area contributed by atoms with Crippen molar-refractivity contribution < 1.29 is 9.47 Å². The molecule has 2 rings (SSSR count). The topological polar surface area (TPSA) is 42.2 Å². The van der Waals surface area contributed by atoms with Crippen molar-refractivity contribution in [2.75, 3.05) is 7.11 Å². The normalized spacial score (nSPS) is 17.5. The van der Waals surface area contributed by atoms with E-state index >= 15 is 0 Å². The Kier molecular flexibility index (Phi) is 3.23. The molecule has 1 aromatic rings. The van der Waals surface area contributed by atoms with Crippen LogP contribution in [0.1, 0.15) is 38.2 Å². The molecule has 0 radical (unpaired) electrons. The van der Waals surface area contributed by atoms with Crippen LogP contribution in [-0.2, 0) is 0 Å². The second-order valence-electron chi connectivity index (χ2n) is 4.71. The van der Waals surface area contributed by atoms with Crippen LogP contribution >= 0.6 is 0 Å². The van der Waals surface area contributed by atoms with Gasteiger partial charge in [0, 0.05) is 0 Å². The third-order valence-electron chi connectivity index (χ3n) is 3.33. The minimum absolute atomic E-state index is 0.153. The first-order valence-electron chi connectivity index (χ1n) is 5.95. The van der Waals surface area contributed by atoms with E-state index in [1.165, 1.54) is 12.8 Å². The summed E-state index contributed by atoms with van der Waals surface area (Å²) in [6.07, 6.45) is 4.45.